The Morgan fingerprint density at radius 3 is 2.00 bits per heavy atom. The largest absolute Gasteiger partial charge is 0.367 e. The molecular weight excluding hydrogens is 241 g/mol. The fraction of sp³-hybridized carbons (Fsp3) is 0.625. The van der Waals surface area contributed by atoms with Gasteiger partial charge in [-0.05, 0) is 59.2 Å². The molecule has 0 saturated carbocycles. The minimum atomic E-state index is -0.237. The first-order chi connectivity index (χ1) is 8.57. The van der Waals surface area contributed by atoms with Crippen LogP contribution < -0.4 is 5.32 Å². The van der Waals surface area contributed by atoms with Crippen molar-refractivity contribution >= 4 is 0 Å². The maximum Gasteiger partial charge on any atom is 0.123 e. The Kier molecular flexibility index (Phi) is 5.11. The molecular formula is C16H26FNO. The van der Waals surface area contributed by atoms with Gasteiger partial charge in [0.2, 0.25) is 0 Å². The summed E-state index contributed by atoms with van der Waals surface area (Å²) in [5.74, 6) is -0.220. The summed E-state index contributed by atoms with van der Waals surface area (Å²) in [6.07, 6.45) is -0.0835. The summed E-state index contributed by atoms with van der Waals surface area (Å²) in [4.78, 5) is 0. The maximum atomic E-state index is 13.0. The van der Waals surface area contributed by atoms with Crippen molar-refractivity contribution in [2.45, 2.75) is 58.8 Å². The molecule has 1 unspecified atom stereocenters. The zero-order valence-electron chi connectivity index (χ0n) is 12.9. The van der Waals surface area contributed by atoms with E-state index in [1.165, 1.54) is 12.1 Å². The number of benzene rings is 1. The minimum Gasteiger partial charge on any atom is -0.367 e. The van der Waals surface area contributed by atoms with Crippen molar-refractivity contribution in [1.29, 1.82) is 0 Å². The van der Waals surface area contributed by atoms with Crippen LogP contribution in [0.25, 0.3) is 0 Å². The third kappa shape index (κ3) is 6.69. The van der Waals surface area contributed by atoms with Gasteiger partial charge in [0.15, 0.2) is 0 Å². The van der Waals surface area contributed by atoms with Gasteiger partial charge in [0.05, 0.1) is 11.7 Å². The third-order valence-corrected chi connectivity index (χ3v) is 2.56. The van der Waals surface area contributed by atoms with E-state index in [1.54, 1.807) is 12.1 Å². The van der Waals surface area contributed by atoms with Crippen LogP contribution in [-0.2, 0) is 4.74 Å². The van der Waals surface area contributed by atoms with E-state index in [0.717, 1.165) is 5.56 Å². The van der Waals surface area contributed by atoms with Crippen molar-refractivity contribution in [1.82, 2.24) is 5.32 Å². The first kappa shape index (κ1) is 16.1. The summed E-state index contributed by atoms with van der Waals surface area (Å²) >= 11 is 0. The monoisotopic (exact) mass is 267 g/mol. The molecule has 1 rings (SSSR count). The molecule has 0 aliphatic rings. The minimum absolute atomic E-state index is 0.0273. The lowest BCUT2D eigenvalue weighted by Gasteiger charge is -2.31. The fourth-order valence-corrected chi connectivity index (χ4v) is 1.73. The number of rotatable bonds is 4. The second-order valence-corrected chi connectivity index (χ2v) is 6.90. The lowest BCUT2D eigenvalue weighted by Crippen LogP contribution is -2.40. The van der Waals surface area contributed by atoms with Crippen molar-refractivity contribution in [3.8, 4) is 0 Å². The van der Waals surface area contributed by atoms with Crippen LogP contribution in [0.3, 0.4) is 0 Å². The van der Waals surface area contributed by atoms with E-state index in [1.807, 2.05) is 20.8 Å². The highest BCUT2D eigenvalue weighted by Gasteiger charge is 2.22. The molecule has 0 heterocycles. The maximum absolute atomic E-state index is 13.0. The lowest BCUT2D eigenvalue weighted by atomic mass is 10.0. The fourth-order valence-electron chi connectivity index (χ4n) is 1.73. The summed E-state index contributed by atoms with van der Waals surface area (Å²) in [6, 6.07) is 6.53. The van der Waals surface area contributed by atoms with Gasteiger partial charge < -0.3 is 10.1 Å². The summed E-state index contributed by atoms with van der Waals surface area (Å²) in [7, 11) is 0. The Morgan fingerprint density at radius 2 is 1.58 bits per heavy atom. The average Bonchev–Trinajstić information content (AvgIpc) is 2.23. The van der Waals surface area contributed by atoms with E-state index in [2.05, 4.69) is 26.1 Å². The second-order valence-electron chi connectivity index (χ2n) is 6.90. The van der Waals surface area contributed by atoms with Crippen LogP contribution in [0.15, 0.2) is 24.3 Å². The van der Waals surface area contributed by atoms with Crippen molar-refractivity contribution in [2.75, 3.05) is 6.54 Å². The van der Waals surface area contributed by atoms with Gasteiger partial charge in [0.1, 0.15) is 5.82 Å². The van der Waals surface area contributed by atoms with Gasteiger partial charge in [-0.1, -0.05) is 12.1 Å². The average molecular weight is 267 g/mol. The molecule has 108 valence electrons. The van der Waals surface area contributed by atoms with Crippen molar-refractivity contribution < 1.29 is 9.13 Å². The van der Waals surface area contributed by atoms with Gasteiger partial charge >= 0.3 is 0 Å². The van der Waals surface area contributed by atoms with Crippen molar-refractivity contribution in [3.05, 3.63) is 35.6 Å². The number of ether oxygens (including phenoxy) is 1. The predicted molar refractivity (Wildman–Crippen MR) is 77.7 cm³/mol. The number of halogens is 1. The number of hydrogen-bond donors (Lipinski definition) is 1. The molecule has 0 saturated heterocycles. The quantitative estimate of drug-likeness (QED) is 0.888. The molecule has 2 nitrogen and oxygen atoms in total. The highest BCUT2D eigenvalue weighted by atomic mass is 19.1. The van der Waals surface area contributed by atoms with Gasteiger partial charge in [-0.15, -0.1) is 0 Å². The summed E-state index contributed by atoms with van der Waals surface area (Å²) < 4.78 is 19.1. The van der Waals surface area contributed by atoms with E-state index in [0.29, 0.717) is 6.54 Å². The van der Waals surface area contributed by atoms with Gasteiger partial charge in [-0.2, -0.15) is 0 Å². The molecule has 1 N–H and O–H groups in total. The number of nitrogens with one attached hydrogen (secondary N) is 1. The van der Waals surface area contributed by atoms with Crippen LogP contribution in [0, 0.1) is 5.82 Å². The second kappa shape index (κ2) is 6.02. The molecule has 19 heavy (non-hydrogen) atoms. The van der Waals surface area contributed by atoms with Crippen LogP contribution >= 0.6 is 0 Å². The Bertz CT molecular complexity index is 387. The molecule has 0 fully saturated rings. The van der Waals surface area contributed by atoms with Crippen molar-refractivity contribution in [2.24, 2.45) is 0 Å². The van der Waals surface area contributed by atoms with Crippen LogP contribution in [-0.4, -0.2) is 17.7 Å². The summed E-state index contributed by atoms with van der Waals surface area (Å²) in [5, 5.41) is 3.44. The van der Waals surface area contributed by atoms with Crippen LogP contribution in [0.1, 0.15) is 53.2 Å². The van der Waals surface area contributed by atoms with Gasteiger partial charge in [-0.3, -0.25) is 0 Å². The zero-order chi connectivity index (χ0) is 14.7. The van der Waals surface area contributed by atoms with Gasteiger partial charge in [0, 0.05) is 12.1 Å². The Labute approximate surface area is 116 Å². The Hall–Kier alpha value is -0.930. The smallest absolute Gasteiger partial charge is 0.123 e. The highest BCUT2D eigenvalue weighted by molar-refractivity contribution is 5.19. The standard InChI is InChI=1S/C16H26FNO/c1-15(2,3)18-11-14(19-16(4,5)6)12-7-9-13(17)10-8-12/h7-10,14,18H,11H2,1-6H3. The van der Waals surface area contributed by atoms with Gasteiger partial charge in [-0.25, -0.2) is 4.39 Å². The van der Waals surface area contributed by atoms with E-state index in [4.69, 9.17) is 4.74 Å². The summed E-state index contributed by atoms with van der Waals surface area (Å²) in [6.45, 7) is 13.1. The van der Waals surface area contributed by atoms with E-state index in [-0.39, 0.29) is 23.1 Å². The molecule has 1 atom stereocenters. The molecule has 0 aromatic heterocycles. The zero-order valence-corrected chi connectivity index (χ0v) is 12.9. The topological polar surface area (TPSA) is 21.3 Å². The van der Waals surface area contributed by atoms with E-state index in [9.17, 15) is 4.39 Å². The molecule has 0 spiro atoms. The molecule has 0 radical (unpaired) electrons. The SMILES string of the molecule is CC(C)(C)NCC(OC(C)(C)C)c1ccc(F)cc1. The Morgan fingerprint density at radius 1 is 1.05 bits per heavy atom. The molecule has 3 heteroatoms. The molecule has 1 aromatic rings. The van der Waals surface area contributed by atoms with Crippen LogP contribution in [0.5, 0.6) is 0 Å². The predicted octanol–water partition coefficient (Wildman–Crippen LogP) is 4.07. The van der Waals surface area contributed by atoms with Crippen LogP contribution in [0.4, 0.5) is 4.39 Å². The van der Waals surface area contributed by atoms with Crippen LogP contribution in [0.2, 0.25) is 0 Å². The van der Waals surface area contributed by atoms with E-state index < -0.39 is 0 Å². The van der Waals surface area contributed by atoms with Crippen molar-refractivity contribution in [3.63, 3.8) is 0 Å². The Balaban J connectivity index is 2.83. The molecule has 0 amide bonds. The molecule has 0 aliphatic carbocycles. The van der Waals surface area contributed by atoms with Gasteiger partial charge in [0.25, 0.3) is 0 Å². The summed E-state index contributed by atoms with van der Waals surface area (Å²) in [5.41, 5.74) is 0.783. The number of hydrogen-bond acceptors (Lipinski definition) is 2. The first-order valence-electron chi connectivity index (χ1n) is 6.75. The lowest BCUT2D eigenvalue weighted by molar-refractivity contribution is -0.0625. The first-order valence-corrected chi connectivity index (χ1v) is 6.75. The normalized spacial score (nSPS) is 14.5. The van der Waals surface area contributed by atoms with E-state index >= 15 is 0 Å². The highest BCUT2D eigenvalue weighted by Crippen LogP contribution is 2.24. The molecule has 0 aliphatic heterocycles. The third-order valence-electron chi connectivity index (χ3n) is 2.56. The molecule has 0 bridgehead atoms. The molecule has 1 aromatic carbocycles.